The number of nitrogens with one attached hydrogen (secondary N) is 1. The van der Waals surface area contributed by atoms with Gasteiger partial charge in [-0.3, -0.25) is 0 Å². The van der Waals surface area contributed by atoms with E-state index in [9.17, 15) is 0 Å². The Labute approximate surface area is 112 Å². The second-order valence-corrected chi connectivity index (χ2v) is 5.40. The average Bonchev–Trinajstić information content (AvgIpc) is 2.38. The van der Waals surface area contributed by atoms with Crippen LogP contribution >= 0.6 is 0 Å². The van der Waals surface area contributed by atoms with Crippen LogP contribution in [-0.4, -0.2) is 12.1 Å². The zero-order valence-corrected chi connectivity index (χ0v) is 12.3. The average molecular weight is 249 g/mol. The first-order chi connectivity index (χ1) is 8.59. The summed E-state index contributed by atoms with van der Waals surface area (Å²) in [5, 5.41) is 3.58. The molecule has 0 saturated carbocycles. The third kappa shape index (κ3) is 5.09. The van der Waals surface area contributed by atoms with Crippen LogP contribution in [0.25, 0.3) is 0 Å². The molecule has 0 fully saturated rings. The third-order valence-corrected chi connectivity index (χ3v) is 3.37. The maximum atomic E-state index is 5.84. The molecule has 0 spiro atoms. The molecule has 0 atom stereocenters. The molecule has 0 aliphatic heterocycles. The number of unbranched alkanes of at least 4 members (excludes halogenated alkanes) is 1. The molecule has 0 bridgehead atoms. The van der Waals surface area contributed by atoms with Crippen LogP contribution in [0.3, 0.4) is 0 Å². The predicted octanol–water partition coefficient (Wildman–Crippen LogP) is 4.14. The van der Waals surface area contributed by atoms with Crippen LogP contribution in [-0.2, 0) is 6.54 Å². The molecule has 0 unspecified atom stereocenters. The van der Waals surface area contributed by atoms with E-state index in [-0.39, 0.29) is 5.54 Å². The van der Waals surface area contributed by atoms with E-state index in [1.807, 2.05) is 6.07 Å². The Balaban J connectivity index is 2.58. The van der Waals surface area contributed by atoms with Crippen molar-refractivity contribution in [2.45, 2.75) is 59.0 Å². The van der Waals surface area contributed by atoms with Gasteiger partial charge in [0.1, 0.15) is 5.75 Å². The number of ether oxygens (including phenoxy) is 1. The van der Waals surface area contributed by atoms with Crippen LogP contribution < -0.4 is 10.1 Å². The van der Waals surface area contributed by atoms with Crippen molar-refractivity contribution in [2.24, 2.45) is 0 Å². The normalized spacial score (nSPS) is 11.6. The molecule has 18 heavy (non-hydrogen) atoms. The zero-order valence-electron chi connectivity index (χ0n) is 12.3. The zero-order chi connectivity index (χ0) is 13.4. The summed E-state index contributed by atoms with van der Waals surface area (Å²) in [6.07, 6.45) is 3.40. The highest BCUT2D eigenvalue weighted by molar-refractivity contribution is 5.33. The molecular formula is C16H27NO. The van der Waals surface area contributed by atoms with Gasteiger partial charge in [0, 0.05) is 17.6 Å². The lowest BCUT2D eigenvalue weighted by Gasteiger charge is -2.25. The minimum atomic E-state index is 0.177. The fourth-order valence-electron chi connectivity index (χ4n) is 1.58. The van der Waals surface area contributed by atoms with Crippen molar-refractivity contribution < 1.29 is 4.74 Å². The molecule has 0 saturated heterocycles. The quantitative estimate of drug-likeness (QED) is 0.699. The van der Waals surface area contributed by atoms with Crippen molar-refractivity contribution in [3.8, 4) is 5.75 Å². The molecule has 0 heterocycles. The molecule has 0 aliphatic rings. The van der Waals surface area contributed by atoms with Crippen LogP contribution in [0, 0.1) is 0 Å². The van der Waals surface area contributed by atoms with Crippen molar-refractivity contribution in [1.29, 1.82) is 0 Å². The van der Waals surface area contributed by atoms with E-state index in [0.717, 1.165) is 31.7 Å². The second-order valence-electron chi connectivity index (χ2n) is 5.40. The largest absolute Gasteiger partial charge is 0.493 e. The van der Waals surface area contributed by atoms with Crippen molar-refractivity contribution >= 4 is 0 Å². The number of rotatable bonds is 8. The van der Waals surface area contributed by atoms with Crippen molar-refractivity contribution in [1.82, 2.24) is 5.32 Å². The second kappa shape index (κ2) is 7.42. The van der Waals surface area contributed by atoms with Gasteiger partial charge in [0.2, 0.25) is 0 Å². The van der Waals surface area contributed by atoms with Gasteiger partial charge < -0.3 is 10.1 Å². The summed E-state index contributed by atoms with van der Waals surface area (Å²) in [6, 6.07) is 8.31. The fourth-order valence-corrected chi connectivity index (χ4v) is 1.58. The lowest BCUT2D eigenvalue weighted by Crippen LogP contribution is -2.37. The molecule has 1 aromatic carbocycles. The Kier molecular flexibility index (Phi) is 6.20. The van der Waals surface area contributed by atoms with E-state index in [1.165, 1.54) is 12.0 Å². The molecule has 0 radical (unpaired) electrons. The maximum Gasteiger partial charge on any atom is 0.123 e. The summed E-state index contributed by atoms with van der Waals surface area (Å²) in [5.74, 6) is 1.02. The number of hydrogen-bond donors (Lipinski definition) is 1. The van der Waals surface area contributed by atoms with E-state index in [4.69, 9.17) is 4.74 Å². The highest BCUT2D eigenvalue weighted by Gasteiger charge is 2.14. The molecule has 0 aliphatic carbocycles. The Morgan fingerprint density at radius 2 is 1.89 bits per heavy atom. The van der Waals surface area contributed by atoms with E-state index in [2.05, 4.69) is 51.2 Å². The monoisotopic (exact) mass is 249 g/mol. The highest BCUT2D eigenvalue weighted by Crippen LogP contribution is 2.19. The van der Waals surface area contributed by atoms with E-state index in [1.54, 1.807) is 0 Å². The van der Waals surface area contributed by atoms with Gasteiger partial charge in [0.25, 0.3) is 0 Å². The highest BCUT2D eigenvalue weighted by atomic mass is 16.5. The number of benzene rings is 1. The van der Waals surface area contributed by atoms with Gasteiger partial charge in [-0.15, -0.1) is 0 Å². The summed E-state index contributed by atoms with van der Waals surface area (Å²) in [7, 11) is 0. The van der Waals surface area contributed by atoms with Gasteiger partial charge in [-0.1, -0.05) is 38.5 Å². The molecule has 1 N–H and O–H groups in total. The van der Waals surface area contributed by atoms with Gasteiger partial charge in [-0.25, -0.2) is 0 Å². The van der Waals surface area contributed by atoms with Crippen LogP contribution in [0.1, 0.15) is 52.5 Å². The number of para-hydroxylation sites is 1. The molecule has 1 aromatic rings. The predicted molar refractivity (Wildman–Crippen MR) is 78.1 cm³/mol. The topological polar surface area (TPSA) is 21.3 Å². The Bertz CT molecular complexity index is 347. The van der Waals surface area contributed by atoms with Gasteiger partial charge in [0.05, 0.1) is 6.61 Å². The van der Waals surface area contributed by atoms with Crippen LogP contribution in [0.2, 0.25) is 0 Å². The summed E-state index contributed by atoms with van der Waals surface area (Å²) in [6.45, 7) is 10.5. The smallest absolute Gasteiger partial charge is 0.123 e. The van der Waals surface area contributed by atoms with Gasteiger partial charge in [-0.2, -0.15) is 0 Å². The SMILES string of the molecule is CCCCOc1ccccc1CNC(C)(C)CC. The maximum absolute atomic E-state index is 5.84. The van der Waals surface area contributed by atoms with Crippen LogP contribution in [0.5, 0.6) is 5.75 Å². The first-order valence-electron chi connectivity index (χ1n) is 7.05. The summed E-state index contributed by atoms with van der Waals surface area (Å²) < 4.78 is 5.84. The molecule has 102 valence electrons. The molecular weight excluding hydrogens is 222 g/mol. The molecule has 2 heteroatoms. The van der Waals surface area contributed by atoms with E-state index >= 15 is 0 Å². The minimum Gasteiger partial charge on any atom is -0.493 e. The van der Waals surface area contributed by atoms with Crippen molar-refractivity contribution in [3.05, 3.63) is 29.8 Å². The first-order valence-corrected chi connectivity index (χ1v) is 7.05. The summed E-state index contributed by atoms with van der Waals surface area (Å²) >= 11 is 0. The van der Waals surface area contributed by atoms with Gasteiger partial charge >= 0.3 is 0 Å². The Morgan fingerprint density at radius 1 is 1.17 bits per heavy atom. The van der Waals surface area contributed by atoms with E-state index < -0.39 is 0 Å². The van der Waals surface area contributed by atoms with Crippen LogP contribution in [0.15, 0.2) is 24.3 Å². The first kappa shape index (κ1) is 15.0. The molecule has 0 amide bonds. The van der Waals surface area contributed by atoms with Crippen molar-refractivity contribution in [2.75, 3.05) is 6.61 Å². The molecule has 2 nitrogen and oxygen atoms in total. The summed E-state index contributed by atoms with van der Waals surface area (Å²) in [4.78, 5) is 0. The Hall–Kier alpha value is -1.02. The van der Waals surface area contributed by atoms with Gasteiger partial charge in [0.15, 0.2) is 0 Å². The van der Waals surface area contributed by atoms with Crippen LogP contribution in [0.4, 0.5) is 0 Å². The van der Waals surface area contributed by atoms with E-state index in [0.29, 0.717) is 0 Å². The number of hydrogen-bond acceptors (Lipinski definition) is 2. The summed E-state index contributed by atoms with van der Waals surface area (Å²) in [5.41, 5.74) is 1.42. The lowest BCUT2D eigenvalue weighted by molar-refractivity contribution is 0.302. The van der Waals surface area contributed by atoms with Gasteiger partial charge in [-0.05, 0) is 32.8 Å². The Morgan fingerprint density at radius 3 is 2.56 bits per heavy atom. The fraction of sp³-hybridized carbons (Fsp3) is 0.625. The third-order valence-electron chi connectivity index (χ3n) is 3.37. The molecule has 1 rings (SSSR count). The molecule has 0 aromatic heterocycles. The minimum absolute atomic E-state index is 0.177. The lowest BCUT2D eigenvalue weighted by atomic mass is 10.0. The van der Waals surface area contributed by atoms with Crippen molar-refractivity contribution in [3.63, 3.8) is 0 Å². The standard InChI is InChI=1S/C16H27NO/c1-5-7-12-18-15-11-9-8-10-14(15)13-17-16(3,4)6-2/h8-11,17H,5-7,12-13H2,1-4H3.